The number of aromatic nitrogens is 2. The number of hydrogen-bond acceptors (Lipinski definition) is 5. The zero-order valence-corrected chi connectivity index (χ0v) is 17.2. The molecule has 158 valence electrons. The van der Waals surface area contributed by atoms with Crippen LogP contribution in [-0.4, -0.2) is 21.6 Å². The molecular formula is C21H20F3N3O2S. The Morgan fingerprint density at radius 1 is 1.17 bits per heavy atom. The van der Waals surface area contributed by atoms with Crippen molar-refractivity contribution in [1.29, 1.82) is 0 Å². The molecule has 1 N–H and O–H groups in total. The van der Waals surface area contributed by atoms with Crippen LogP contribution in [0.4, 0.5) is 18.9 Å². The van der Waals surface area contributed by atoms with E-state index in [2.05, 4.69) is 15.3 Å². The van der Waals surface area contributed by atoms with Gasteiger partial charge in [0, 0.05) is 17.9 Å². The summed E-state index contributed by atoms with van der Waals surface area (Å²) in [5.41, 5.74) is 1.87. The molecule has 9 heteroatoms. The first-order valence-electron chi connectivity index (χ1n) is 9.22. The molecule has 5 nitrogen and oxygen atoms in total. The molecule has 0 aliphatic heterocycles. The summed E-state index contributed by atoms with van der Waals surface area (Å²) in [7, 11) is 0. The Bertz CT molecular complexity index is 1020. The van der Waals surface area contributed by atoms with E-state index in [-0.39, 0.29) is 28.9 Å². The van der Waals surface area contributed by atoms with Crippen LogP contribution in [0.1, 0.15) is 29.7 Å². The molecule has 0 saturated carbocycles. The fourth-order valence-corrected chi connectivity index (χ4v) is 3.55. The SMILES string of the molecule is Cc1ccc(NC(=O)CCCSc2nc(-c3ccco3)cc(C(F)(F)F)n2)c(C)c1. The second-order valence-corrected chi connectivity index (χ2v) is 7.78. The third-order valence-corrected chi connectivity index (χ3v) is 5.14. The van der Waals surface area contributed by atoms with Crippen molar-refractivity contribution in [2.24, 2.45) is 0 Å². The number of anilines is 1. The number of carbonyl (C=O) groups excluding carboxylic acids is 1. The number of benzene rings is 1. The molecule has 0 fully saturated rings. The largest absolute Gasteiger partial charge is 0.463 e. The first-order valence-corrected chi connectivity index (χ1v) is 10.2. The first kappa shape index (κ1) is 21.9. The topological polar surface area (TPSA) is 68.0 Å². The molecule has 0 unspecified atom stereocenters. The quantitative estimate of drug-likeness (QED) is 0.285. The molecule has 3 rings (SSSR count). The van der Waals surface area contributed by atoms with Gasteiger partial charge < -0.3 is 9.73 Å². The highest BCUT2D eigenvalue weighted by Crippen LogP contribution is 2.32. The number of thioether (sulfide) groups is 1. The van der Waals surface area contributed by atoms with Crippen molar-refractivity contribution in [3.63, 3.8) is 0 Å². The molecule has 0 bridgehead atoms. The monoisotopic (exact) mass is 435 g/mol. The van der Waals surface area contributed by atoms with Crippen LogP contribution in [0.3, 0.4) is 0 Å². The predicted molar refractivity (Wildman–Crippen MR) is 109 cm³/mol. The number of hydrogen-bond donors (Lipinski definition) is 1. The summed E-state index contributed by atoms with van der Waals surface area (Å²) in [5.74, 6) is 0.487. The van der Waals surface area contributed by atoms with Gasteiger partial charge in [-0.15, -0.1) is 0 Å². The van der Waals surface area contributed by atoms with Gasteiger partial charge in [0.05, 0.1) is 6.26 Å². The third kappa shape index (κ3) is 5.85. The smallest absolute Gasteiger partial charge is 0.433 e. The van der Waals surface area contributed by atoms with Crippen molar-refractivity contribution in [2.75, 3.05) is 11.1 Å². The second kappa shape index (κ2) is 9.34. The summed E-state index contributed by atoms with van der Waals surface area (Å²) >= 11 is 1.07. The second-order valence-electron chi connectivity index (χ2n) is 6.71. The summed E-state index contributed by atoms with van der Waals surface area (Å²) in [4.78, 5) is 19.9. The van der Waals surface area contributed by atoms with Crippen molar-refractivity contribution in [1.82, 2.24) is 9.97 Å². The van der Waals surface area contributed by atoms with Gasteiger partial charge in [0.25, 0.3) is 0 Å². The Balaban J connectivity index is 1.59. The molecule has 3 aromatic rings. The summed E-state index contributed by atoms with van der Waals surface area (Å²) in [6.45, 7) is 3.89. The predicted octanol–water partition coefficient (Wildman–Crippen LogP) is 5.88. The molecule has 0 atom stereocenters. The normalized spacial score (nSPS) is 11.5. The lowest BCUT2D eigenvalue weighted by Gasteiger charge is -2.10. The van der Waals surface area contributed by atoms with E-state index in [4.69, 9.17) is 4.42 Å². The molecule has 0 radical (unpaired) electrons. The minimum atomic E-state index is -4.59. The number of aryl methyl sites for hydroxylation is 2. The van der Waals surface area contributed by atoms with Crippen LogP contribution in [0.25, 0.3) is 11.5 Å². The van der Waals surface area contributed by atoms with E-state index in [1.165, 1.54) is 12.3 Å². The highest BCUT2D eigenvalue weighted by Gasteiger charge is 2.34. The van der Waals surface area contributed by atoms with Gasteiger partial charge in [-0.2, -0.15) is 13.2 Å². The maximum absolute atomic E-state index is 13.2. The van der Waals surface area contributed by atoms with Crippen LogP contribution in [-0.2, 0) is 11.0 Å². The van der Waals surface area contributed by atoms with E-state index in [9.17, 15) is 18.0 Å². The zero-order chi connectivity index (χ0) is 21.7. The molecule has 0 aliphatic carbocycles. The maximum Gasteiger partial charge on any atom is 0.433 e. The lowest BCUT2D eigenvalue weighted by molar-refractivity contribution is -0.141. The standard InChI is InChI=1S/C21H20F3N3O2S/c1-13-7-8-15(14(2)11-13)25-19(28)6-4-10-30-20-26-16(17-5-3-9-29-17)12-18(27-20)21(22,23)24/h3,5,7-9,11-12H,4,6,10H2,1-2H3,(H,25,28). The number of halogens is 3. The summed E-state index contributed by atoms with van der Waals surface area (Å²) in [5, 5.41) is 2.84. The minimum absolute atomic E-state index is 0.00832. The first-order chi connectivity index (χ1) is 14.2. The Morgan fingerprint density at radius 3 is 2.63 bits per heavy atom. The van der Waals surface area contributed by atoms with Gasteiger partial charge in [-0.3, -0.25) is 4.79 Å². The summed E-state index contributed by atoms with van der Waals surface area (Å²) < 4.78 is 44.6. The van der Waals surface area contributed by atoms with Gasteiger partial charge in [0.2, 0.25) is 5.91 Å². The van der Waals surface area contributed by atoms with Crippen LogP contribution in [0.2, 0.25) is 0 Å². The lowest BCUT2D eigenvalue weighted by Crippen LogP contribution is -2.12. The molecule has 0 saturated heterocycles. The maximum atomic E-state index is 13.2. The molecular weight excluding hydrogens is 415 g/mol. The van der Waals surface area contributed by atoms with E-state index in [0.717, 1.165) is 34.6 Å². The van der Waals surface area contributed by atoms with E-state index in [1.807, 2.05) is 32.0 Å². The number of rotatable bonds is 7. The number of carbonyl (C=O) groups is 1. The van der Waals surface area contributed by atoms with Crippen LogP contribution in [0, 0.1) is 13.8 Å². The van der Waals surface area contributed by atoms with Gasteiger partial charge in [-0.05, 0) is 50.1 Å². The fourth-order valence-electron chi connectivity index (χ4n) is 2.75. The molecule has 2 aromatic heterocycles. The third-order valence-electron chi connectivity index (χ3n) is 4.21. The summed E-state index contributed by atoms with van der Waals surface area (Å²) in [6.07, 6.45) is -2.52. The van der Waals surface area contributed by atoms with Crippen molar-refractivity contribution in [3.8, 4) is 11.5 Å². The average Bonchev–Trinajstić information content (AvgIpc) is 3.21. The van der Waals surface area contributed by atoms with Gasteiger partial charge in [0.1, 0.15) is 11.4 Å². The lowest BCUT2D eigenvalue weighted by atomic mass is 10.1. The van der Waals surface area contributed by atoms with Gasteiger partial charge in [-0.25, -0.2) is 9.97 Å². The highest BCUT2D eigenvalue weighted by molar-refractivity contribution is 7.99. The number of nitrogens with zero attached hydrogens (tertiary/aromatic N) is 2. The van der Waals surface area contributed by atoms with E-state index in [0.29, 0.717) is 12.2 Å². The highest BCUT2D eigenvalue weighted by atomic mass is 32.2. The zero-order valence-electron chi connectivity index (χ0n) is 16.4. The molecule has 0 aliphatic rings. The van der Waals surface area contributed by atoms with Crippen molar-refractivity contribution < 1.29 is 22.4 Å². The van der Waals surface area contributed by atoms with Gasteiger partial charge in [-0.1, -0.05) is 29.5 Å². The minimum Gasteiger partial charge on any atom is -0.463 e. The van der Waals surface area contributed by atoms with E-state index < -0.39 is 11.9 Å². The Hall–Kier alpha value is -2.81. The molecule has 0 spiro atoms. The van der Waals surface area contributed by atoms with Crippen LogP contribution in [0.5, 0.6) is 0 Å². The number of furan rings is 1. The number of amides is 1. The Labute approximate surface area is 176 Å². The van der Waals surface area contributed by atoms with Crippen molar-refractivity contribution in [2.45, 2.75) is 38.0 Å². The Kier molecular flexibility index (Phi) is 6.81. The van der Waals surface area contributed by atoms with Crippen molar-refractivity contribution >= 4 is 23.4 Å². The van der Waals surface area contributed by atoms with Gasteiger partial charge >= 0.3 is 6.18 Å². The fraction of sp³-hybridized carbons (Fsp3) is 0.286. The number of nitrogens with one attached hydrogen (secondary N) is 1. The van der Waals surface area contributed by atoms with Gasteiger partial charge in [0.15, 0.2) is 10.9 Å². The number of alkyl halides is 3. The van der Waals surface area contributed by atoms with Crippen LogP contribution >= 0.6 is 11.8 Å². The summed E-state index contributed by atoms with van der Waals surface area (Å²) in [6, 6.07) is 9.72. The van der Waals surface area contributed by atoms with E-state index in [1.54, 1.807) is 6.07 Å². The van der Waals surface area contributed by atoms with E-state index >= 15 is 0 Å². The average molecular weight is 435 g/mol. The van der Waals surface area contributed by atoms with Crippen LogP contribution in [0.15, 0.2) is 52.2 Å². The van der Waals surface area contributed by atoms with Crippen molar-refractivity contribution in [3.05, 3.63) is 59.5 Å². The van der Waals surface area contributed by atoms with Crippen LogP contribution < -0.4 is 5.32 Å². The molecule has 30 heavy (non-hydrogen) atoms. The Morgan fingerprint density at radius 2 is 1.97 bits per heavy atom. The molecule has 2 heterocycles. The molecule has 1 aromatic carbocycles. The molecule has 1 amide bonds.